The molecule has 0 spiro atoms. The van der Waals surface area contributed by atoms with Crippen LogP contribution in [-0.4, -0.2) is 36.4 Å². The molecule has 0 saturated carbocycles. The van der Waals surface area contributed by atoms with Gasteiger partial charge in [-0.1, -0.05) is 6.42 Å². The number of carbonyl (C=O) groups is 1. The van der Waals surface area contributed by atoms with Crippen molar-refractivity contribution in [1.82, 2.24) is 4.90 Å². The second-order valence-electron chi connectivity index (χ2n) is 5.14. The van der Waals surface area contributed by atoms with E-state index in [4.69, 9.17) is 16.3 Å². The van der Waals surface area contributed by atoms with Crippen LogP contribution in [0.1, 0.15) is 36.0 Å². The van der Waals surface area contributed by atoms with Crippen molar-refractivity contribution in [1.29, 1.82) is 0 Å². The third-order valence-electron chi connectivity index (χ3n) is 3.56. The van der Waals surface area contributed by atoms with Gasteiger partial charge in [0.15, 0.2) is 11.6 Å². The van der Waals surface area contributed by atoms with Crippen LogP contribution in [0, 0.1) is 11.6 Å². The number of benzene rings is 1. The predicted octanol–water partition coefficient (Wildman–Crippen LogP) is 4.02. The molecule has 1 saturated heterocycles. The lowest BCUT2D eigenvalue weighted by Gasteiger charge is -2.26. The van der Waals surface area contributed by atoms with Gasteiger partial charge in [0.1, 0.15) is 5.82 Å². The molecular formula is C15H19Cl2F2NO2. The highest BCUT2D eigenvalue weighted by atomic mass is 35.5. The van der Waals surface area contributed by atoms with Crippen LogP contribution in [0.2, 0.25) is 0 Å². The number of carbonyl (C=O) groups excluding carboxylic acids is 1. The van der Waals surface area contributed by atoms with E-state index in [2.05, 4.69) is 4.90 Å². The molecule has 0 aliphatic carbocycles. The van der Waals surface area contributed by atoms with Crippen LogP contribution in [0.5, 0.6) is 5.75 Å². The van der Waals surface area contributed by atoms with Crippen LogP contribution >= 0.6 is 24.0 Å². The fraction of sp³-hybridized carbons (Fsp3) is 0.533. The fourth-order valence-electron chi connectivity index (χ4n) is 2.44. The van der Waals surface area contributed by atoms with Crippen LogP contribution in [0.3, 0.4) is 0 Å². The number of halogens is 4. The minimum absolute atomic E-state index is 0. The Morgan fingerprint density at radius 2 is 1.86 bits per heavy atom. The highest BCUT2D eigenvalue weighted by Gasteiger charge is 2.15. The number of ether oxygens (including phenoxy) is 1. The van der Waals surface area contributed by atoms with E-state index in [1.165, 1.54) is 19.3 Å². The van der Waals surface area contributed by atoms with Crippen molar-refractivity contribution in [2.45, 2.75) is 25.7 Å². The molecule has 1 aromatic rings. The van der Waals surface area contributed by atoms with Crippen molar-refractivity contribution in [2.75, 3.05) is 26.2 Å². The highest BCUT2D eigenvalue weighted by Crippen LogP contribution is 2.23. The van der Waals surface area contributed by atoms with E-state index in [1.807, 2.05) is 0 Å². The van der Waals surface area contributed by atoms with E-state index in [0.29, 0.717) is 6.61 Å². The SMILES string of the molecule is Cl.O=C(Cl)c1cc(F)c(OCCCN2CCCCC2)cc1F. The van der Waals surface area contributed by atoms with Gasteiger partial charge < -0.3 is 9.64 Å². The number of hydrogen-bond donors (Lipinski definition) is 0. The zero-order valence-corrected chi connectivity index (χ0v) is 13.7. The van der Waals surface area contributed by atoms with Crippen molar-refractivity contribution in [3.05, 3.63) is 29.3 Å². The lowest BCUT2D eigenvalue weighted by Crippen LogP contribution is -2.31. The standard InChI is InChI=1S/C15H18ClF2NO2.ClH/c16-15(20)11-9-13(18)14(10-12(11)17)21-8-4-7-19-5-2-1-3-6-19;/h9-10H,1-8H2;1H. The highest BCUT2D eigenvalue weighted by molar-refractivity contribution is 6.67. The molecular weight excluding hydrogens is 335 g/mol. The van der Waals surface area contributed by atoms with Crippen LogP contribution in [-0.2, 0) is 0 Å². The maximum Gasteiger partial charge on any atom is 0.255 e. The minimum Gasteiger partial charge on any atom is -0.490 e. The van der Waals surface area contributed by atoms with Gasteiger partial charge in [0.05, 0.1) is 12.2 Å². The second kappa shape index (κ2) is 9.28. The number of hydrogen-bond acceptors (Lipinski definition) is 3. The van der Waals surface area contributed by atoms with Crippen LogP contribution in [0.4, 0.5) is 8.78 Å². The fourth-order valence-corrected chi connectivity index (χ4v) is 2.59. The van der Waals surface area contributed by atoms with E-state index in [9.17, 15) is 13.6 Å². The Kier molecular flexibility index (Phi) is 8.07. The smallest absolute Gasteiger partial charge is 0.255 e. The molecule has 22 heavy (non-hydrogen) atoms. The molecule has 3 nitrogen and oxygen atoms in total. The second-order valence-corrected chi connectivity index (χ2v) is 5.48. The summed E-state index contributed by atoms with van der Waals surface area (Å²) < 4.78 is 32.4. The van der Waals surface area contributed by atoms with Crippen LogP contribution in [0.25, 0.3) is 0 Å². The zero-order valence-electron chi connectivity index (χ0n) is 12.1. The van der Waals surface area contributed by atoms with E-state index < -0.39 is 22.4 Å². The first-order valence-corrected chi connectivity index (χ1v) is 7.50. The Bertz CT molecular complexity index is 509. The van der Waals surface area contributed by atoms with Gasteiger partial charge in [-0.25, -0.2) is 8.78 Å². The third kappa shape index (κ3) is 5.38. The van der Waals surface area contributed by atoms with Crippen molar-refractivity contribution < 1.29 is 18.3 Å². The molecule has 0 aromatic heterocycles. The van der Waals surface area contributed by atoms with Crippen LogP contribution < -0.4 is 4.74 Å². The largest absolute Gasteiger partial charge is 0.490 e. The lowest BCUT2D eigenvalue weighted by molar-refractivity contribution is 0.107. The first-order valence-electron chi connectivity index (χ1n) is 7.12. The number of piperidine rings is 1. The maximum atomic E-state index is 13.7. The molecule has 0 radical (unpaired) electrons. The van der Waals surface area contributed by atoms with E-state index in [-0.39, 0.29) is 18.2 Å². The molecule has 1 aromatic carbocycles. The average Bonchev–Trinajstić information content (AvgIpc) is 2.47. The van der Waals surface area contributed by atoms with Crippen molar-refractivity contribution >= 4 is 29.3 Å². The van der Waals surface area contributed by atoms with E-state index in [1.54, 1.807) is 0 Å². The Balaban J connectivity index is 0.00000242. The number of rotatable bonds is 6. The molecule has 0 bridgehead atoms. The van der Waals surface area contributed by atoms with Gasteiger partial charge in [0, 0.05) is 12.6 Å². The molecule has 1 heterocycles. The molecule has 0 N–H and O–H groups in total. The normalized spacial score (nSPS) is 15.2. The van der Waals surface area contributed by atoms with Gasteiger partial charge in [-0.3, -0.25) is 4.79 Å². The van der Waals surface area contributed by atoms with Crippen LogP contribution in [0.15, 0.2) is 12.1 Å². The van der Waals surface area contributed by atoms with Gasteiger partial charge in [0.2, 0.25) is 0 Å². The van der Waals surface area contributed by atoms with Gasteiger partial charge in [-0.2, -0.15) is 0 Å². The molecule has 1 aliphatic heterocycles. The topological polar surface area (TPSA) is 29.5 Å². The number of nitrogens with zero attached hydrogens (tertiary/aromatic N) is 1. The molecule has 1 aliphatic rings. The monoisotopic (exact) mass is 353 g/mol. The first-order chi connectivity index (χ1) is 10.1. The molecule has 2 rings (SSSR count). The Morgan fingerprint density at radius 3 is 2.50 bits per heavy atom. The first kappa shape index (κ1) is 19.1. The summed E-state index contributed by atoms with van der Waals surface area (Å²) >= 11 is 5.15. The summed E-state index contributed by atoms with van der Waals surface area (Å²) in [4.78, 5) is 13.2. The van der Waals surface area contributed by atoms with Gasteiger partial charge in [-0.05, 0) is 50.0 Å². The maximum absolute atomic E-state index is 13.7. The summed E-state index contributed by atoms with van der Waals surface area (Å²) in [5.74, 6) is -1.84. The van der Waals surface area contributed by atoms with Gasteiger partial charge in [0.25, 0.3) is 5.24 Å². The zero-order chi connectivity index (χ0) is 15.2. The predicted molar refractivity (Wildman–Crippen MR) is 84.2 cm³/mol. The molecule has 1 fully saturated rings. The minimum atomic E-state index is -1.02. The Labute approximate surface area is 140 Å². The Hall–Kier alpha value is -0.910. The Morgan fingerprint density at radius 1 is 1.18 bits per heavy atom. The van der Waals surface area contributed by atoms with Crippen molar-refractivity contribution in [3.63, 3.8) is 0 Å². The summed E-state index contributed by atoms with van der Waals surface area (Å²) in [5, 5.41) is -1.02. The summed E-state index contributed by atoms with van der Waals surface area (Å²) in [7, 11) is 0. The van der Waals surface area contributed by atoms with Crippen molar-refractivity contribution in [2.24, 2.45) is 0 Å². The summed E-state index contributed by atoms with van der Waals surface area (Å²) in [6, 6.07) is 1.64. The average molecular weight is 354 g/mol. The molecule has 7 heteroatoms. The van der Waals surface area contributed by atoms with E-state index in [0.717, 1.165) is 38.2 Å². The molecule has 0 unspecified atom stereocenters. The lowest BCUT2D eigenvalue weighted by atomic mass is 10.1. The van der Waals surface area contributed by atoms with E-state index >= 15 is 0 Å². The number of likely N-dealkylation sites (tertiary alicyclic amines) is 1. The molecule has 0 atom stereocenters. The third-order valence-corrected chi connectivity index (χ3v) is 3.76. The van der Waals surface area contributed by atoms with Gasteiger partial charge in [-0.15, -0.1) is 12.4 Å². The summed E-state index contributed by atoms with van der Waals surface area (Å²) in [6.45, 7) is 3.38. The summed E-state index contributed by atoms with van der Waals surface area (Å²) in [6.07, 6.45) is 4.46. The van der Waals surface area contributed by atoms with Gasteiger partial charge >= 0.3 is 0 Å². The molecule has 0 amide bonds. The van der Waals surface area contributed by atoms with Crippen molar-refractivity contribution in [3.8, 4) is 5.75 Å². The molecule has 124 valence electrons. The summed E-state index contributed by atoms with van der Waals surface area (Å²) in [5.41, 5.74) is -0.477. The quantitative estimate of drug-likeness (QED) is 0.571.